The molecule has 1 aromatic carbocycles. The van der Waals surface area contributed by atoms with Crippen LogP contribution in [0.5, 0.6) is 0 Å². The van der Waals surface area contributed by atoms with E-state index in [1.807, 2.05) is 19.1 Å². The van der Waals surface area contributed by atoms with Crippen LogP contribution >= 0.6 is 38.9 Å². The molecule has 0 saturated carbocycles. The van der Waals surface area contributed by atoms with Gasteiger partial charge in [-0.25, -0.2) is 14.4 Å². The Morgan fingerprint density at radius 2 is 2.05 bits per heavy atom. The van der Waals surface area contributed by atoms with Crippen molar-refractivity contribution in [2.24, 2.45) is 0 Å². The third-order valence-electron chi connectivity index (χ3n) is 2.63. The van der Waals surface area contributed by atoms with Crippen molar-refractivity contribution in [3.8, 4) is 10.7 Å². The van der Waals surface area contributed by atoms with Gasteiger partial charge < -0.3 is 0 Å². The van der Waals surface area contributed by atoms with E-state index in [0.717, 1.165) is 9.75 Å². The maximum Gasteiger partial charge on any atom is 0.171 e. The standard InChI is InChI=1S/C13H7BrClFN2S/c1-6-2-3-10(19-6)13-17-11-8(12(15)18-13)4-7(14)5-9(11)16/h2-5H,1H3. The average molecular weight is 358 g/mol. The van der Waals surface area contributed by atoms with Gasteiger partial charge in [0.05, 0.1) is 4.88 Å². The highest BCUT2D eigenvalue weighted by molar-refractivity contribution is 9.10. The lowest BCUT2D eigenvalue weighted by Gasteiger charge is -2.04. The van der Waals surface area contributed by atoms with Gasteiger partial charge in [-0.05, 0) is 31.2 Å². The van der Waals surface area contributed by atoms with E-state index in [0.29, 0.717) is 15.7 Å². The Morgan fingerprint density at radius 1 is 1.26 bits per heavy atom. The lowest BCUT2D eigenvalue weighted by atomic mass is 10.2. The van der Waals surface area contributed by atoms with Crippen molar-refractivity contribution in [3.05, 3.63) is 44.6 Å². The number of aryl methyl sites for hydroxylation is 1. The molecule has 3 aromatic rings. The van der Waals surface area contributed by atoms with E-state index in [4.69, 9.17) is 11.6 Å². The topological polar surface area (TPSA) is 25.8 Å². The number of thiophene rings is 1. The first-order valence-corrected chi connectivity index (χ1v) is 7.42. The lowest BCUT2D eigenvalue weighted by Crippen LogP contribution is -1.93. The Balaban J connectivity index is 2.30. The van der Waals surface area contributed by atoms with E-state index in [1.54, 1.807) is 17.4 Å². The van der Waals surface area contributed by atoms with Crippen LogP contribution in [-0.4, -0.2) is 9.97 Å². The van der Waals surface area contributed by atoms with Gasteiger partial charge >= 0.3 is 0 Å². The number of benzene rings is 1. The predicted octanol–water partition coefficient (Wildman–Crippen LogP) is 5.22. The molecule has 0 amide bonds. The van der Waals surface area contributed by atoms with Gasteiger partial charge in [0.2, 0.25) is 0 Å². The van der Waals surface area contributed by atoms with Crippen LogP contribution in [0.15, 0.2) is 28.7 Å². The van der Waals surface area contributed by atoms with Crippen LogP contribution in [0.1, 0.15) is 4.88 Å². The molecule has 0 radical (unpaired) electrons. The Kier molecular flexibility index (Phi) is 3.28. The molecule has 0 aliphatic heterocycles. The van der Waals surface area contributed by atoms with Gasteiger partial charge in [-0.15, -0.1) is 11.3 Å². The minimum atomic E-state index is -0.414. The molecule has 0 atom stereocenters. The molecule has 0 aliphatic carbocycles. The van der Waals surface area contributed by atoms with Crippen molar-refractivity contribution in [3.63, 3.8) is 0 Å². The SMILES string of the molecule is Cc1ccc(-c2nc(Cl)c3cc(Br)cc(F)c3n2)s1. The van der Waals surface area contributed by atoms with Crippen LogP contribution in [0.2, 0.25) is 5.15 Å². The van der Waals surface area contributed by atoms with Gasteiger partial charge in [0.15, 0.2) is 11.6 Å². The highest BCUT2D eigenvalue weighted by Crippen LogP contribution is 2.31. The van der Waals surface area contributed by atoms with Gasteiger partial charge in [0, 0.05) is 14.7 Å². The Morgan fingerprint density at radius 3 is 2.74 bits per heavy atom. The molecule has 19 heavy (non-hydrogen) atoms. The molecule has 0 bridgehead atoms. The summed E-state index contributed by atoms with van der Waals surface area (Å²) in [5.74, 6) is 0.0417. The van der Waals surface area contributed by atoms with Crippen LogP contribution < -0.4 is 0 Å². The Bertz CT molecular complexity index is 788. The number of hydrogen-bond donors (Lipinski definition) is 0. The summed E-state index contributed by atoms with van der Waals surface area (Å²) in [6.45, 7) is 1.99. The number of halogens is 3. The highest BCUT2D eigenvalue weighted by atomic mass is 79.9. The molecule has 0 spiro atoms. The maximum atomic E-state index is 14.0. The first kappa shape index (κ1) is 13.0. The minimum Gasteiger partial charge on any atom is -0.224 e. The molecular weight excluding hydrogens is 351 g/mol. The second kappa shape index (κ2) is 4.81. The molecule has 3 rings (SSSR count). The largest absolute Gasteiger partial charge is 0.224 e. The Hall–Kier alpha value is -1.04. The summed E-state index contributed by atoms with van der Waals surface area (Å²) in [7, 11) is 0. The fraction of sp³-hybridized carbons (Fsp3) is 0.0769. The Labute approximate surface area is 126 Å². The van der Waals surface area contributed by atoms with Crippen LogP contribution in [0.25, 0.3) is 21.6 Å². The fourth-order valence-electron chi connectivity index (χ4n) is 1.79. The van der Waals surface area contributed by atoms with Crippen molar-refractivity contribution >= 4 is 49.8 Å². The zero-order chi connectivity index (χ0) is 13.6. The number of rotatable bonds is 1. The van der Waals surface area contributed by atoms with E-state index in [-0.39, 0.29) is 10.7 Å². The highest BCUT2D eigenvalue weighted by Gasteiger charge is 2.13. The summed E-state index contributed by atoms with van der Waals surface area (Å²) in [5.41, 5.74) is 0.240. The molecule has 2 aromatic heterocycles. The zero-order valence-corrected chi connectivity index (χ0v) is 12.9. The normalized spacial score (nSPS) is 11.2. The van der Waals surface area contributed by atoms with Gasteiger partial charge in [-0.2, -0.15) is 0 Å². The molecule has 2 nitrogen and oxygen atoms in total. The van der Waals surface area contributed by atoms with Gasteiger partial charge in [-0.1, -0.05) is 27.5 Å². The van der Waals surface area contributed by atoms with Crippen molar-refractivity contribution in [1.29, 1.82) is 0 Å². The summed E-state index contributed by atoms with van der Waals surface area (Å²) in [6, 6.07) is 6.97. The van der Waals surface area contributed by atoms with E-state index < -0.39 is 5.82 Å². The third kappa shape index (κ3) is 2.38. The first-order valence-electron chi connectivity index (χ1n) is 5.44. The summed E-state index contributed by atoms with van der Waals surface area (Å²) >= 11 is 10.9. The summed E-state index contributed by atoms with van der Waals surface area (Å²) in [4.78, 5) is 10.5. The molecule has 2 heterocycles. The fourth-order valence-corrected chi connectivity index (χ4v) is 3.24. The quantitative estimate of drug-likeness (QED) is 0.558. The molecule has 0 N–H and O–H groups in total. The second-order valence-corrected chi connectivity index (χ2v) is 6.59. The number of fused-ring (bicyclic) bond motifs is 1. The van der Waals surface area contributed by atoms with Gasteiger partial charge in [0.25, 0.3) is 0 Å². The monoisotopic (exact) mass is 356 g/mol. The van der Waals surface area contributed by atoms with E-state index in [1.165, 1.54) is 6.07 Å². The minimum absolute atomic E-state index is 0.240. The van der Waals surface area contributed by atoms with E-state index in [2.05, 4.69) is 25.9 Å². The molecular formula is C13H7BrClFN2S. The molecule has 6 heteroatoms. The van der Waals surface area contributed by atoms with Crippen LogP contribution in [0, 0.1) is 12.7 Å². The second-order valence-electron chi connectivity index (χ2n) is 4.03. The summed E-state index contributed by atoms with van der Waals surface area (Å²) in [6.07, 6.45) is 0. The van der Waals surface area contributed by atoms with Crippen LogP contribution in [-0.2, 0) is 0 Å². The molecule has 0 aliphatic rings. The lowest BCUT2D eigenvalue weighted by molar-refractivity contribution is 0.636. The molecule has 0 fully saturated rings. The summed E-state index contributed by atoms with van der Waals surface area (Å²) in [5, 5.41) is 0.761. The van der Waals surface area contributed by atoms with Crippen LogP contribution in [0.3, 0.4) is 0 Å². The van der Waals surface area contributed by atoms with Crippen molar-refractivity contribution in [1.82, 2.24) is 9.97 Å². The molecule has 96 valence electrons. The number of nitrogens with zero attached hydrogens (tertiary/aromatic N) is 2. The number of hydrogen-bond acceptors (Lipinski definition) is 3. The van der Waals surface area contributed by atoms with Gasteiger partial charge in [0.1, 0.15) is 10.7 Å². The van der Waals surface area contributed by atoms with E-state index >= 15 is 0 Å². The number of aromatic nitrogens is 2. The van der Waals surface area contributed by atoms with Crippen LogP contribution in [0.4, 0.5) is 4.39 Å². The molecule has 0 saturated heterocycles. The van der Waals surface area contributed by atoms with Crippen molar-refractivity contribution in [2.75, 3.05) is 0 Å². The van der Waals surface area contributed by atoms with Crippen molar-refractivity contribution in [2.45, 2.75) is 6.92 Å². The molecule has 0 unspecified atom stereocenters. The van der Waals surface area contributed by atoms with E-state index in [9.17, 15) is 4.39 Å². The average Bonchev–Trinajstić information content (AvgIpc) is 2.77. The smallest absolute Gasteiger partial charge is 0.171 e. The van der Waals surface area contributed by atoms with Crippen molar-refractivity contribution < 1.29 is 4.39 Å². The predicted molar refractivity (Wildman–Crippen MR) is 80.3 cm³/mol. The third-order valence-corrected chi connectivity index (χ3v) is 4.38. The maximum absolute atomic E-state index is 14.0. The first-order chi connectivity index (χ1) is 9.04. The summed E-state index contributed by atoms with van der Waals surface area (Å²) < 4.78 is 14.6. The zero-order valence-electron chi connectivity index (χ0n) is 9.75. The van der Waals surface area contributed by atoms with Gasteiger partial charge in [-0.3, -0.25) is 0 Å².